The second kappa shape index (κ2) is 11.5. The number of aromatic nitrogens is 1. The summed E-state index contributed by atoms with van der Waals surface area (Å²) in [6.45, 7) is 0. The number of nitrogens with one attached hydrogen (secondary N) is 1. The van der Waals surface area contributed by atoms with Crippen LogP contribution in [0.25, 0.3) is 64.1 Å². The standard InChI is InChI=1S/C42H26N4OS/c43-40(46-41(45-25-26-10-2-1-3-11-26)29-21-20-27-12-4-5-13-28(27)24-29)35-22-23-44-42-37(35)34-18-8-15-31(38(34)47-42)33-17-9-16-32-30-14-6-7-19-36(30)48-39(32)33/h1-25,43H. The Morgan fingerprint density at radius 3 is 2.33 bits per heavy atom. The van der Waals surface area contributed by atoms with Crippen LogP contribution in [0, 0.1) is 5.41 Å². The number of hydrogen-bond acceptors (Lipinski definition) is 4. The van der Waals surface area contributed by atoms with E-state index in [-0.39, 0.29) is 5.84 Å². The fourth-order valence-corrected chi connectivity index (χ4v) is 7.66. The van der Waals surface area contributed by atoms with E-state index in [1.807, 2.05) is 66.7 Å². The van der Waals surface area contributed by atoms with E-state index in [4.69, 9.17) is 14.4 Å². The van der Waals surface area contributed by atoms with Gasteiger partial charge in [0.05, 0.1) is 5.39 Å². The molecule has 3 heterocycles. The van der Waals surface area contributed by atoms with Crippen molar-refractivity contribution < 1.29 is 4.42 Å². The molecule has 0 unspecified atom stereocenters. The highest BCUT2D eigenvalue weighted by molar-refractivity contribution is 7.26. The first-order chi connectivity index (χ1) is 23.7. The van der Waals surface area contributed by atoms with Crippen molar-refractivity contribution in [2.75, 3.05) is 0 Å². The number of amidine groups is 2. The van der Waals surface area contributed by atoms with E-state index in [1.54, 1.807) is 23.7 Å². The van der Waals surface area contributed by atoms with Gasteiger partial charge < -0.3 is 4.42 Å². The minimum absolute atomic E-state index is 0.0791. The van der Waals surface area contributed by atoms with Crippen LogP contribution in [0.15, 0.2) is 160 Å². The van der Waals surface area contributed by atoms with Crippen molar-refractivity contribution in [2.45, 2.75) is 0 Å². The van der Waals surface area contributed by atoms with Gasteiger partial charge >= 0.3 is 0 Å². The molecule has 48 heavy (non-hydrogen) atoms. The van der Waals surface area contributed by atoms with Gasteiger partial charge in [-0.05, 0) is 34.5 Å². The molecule has 0 atom stereocenters. The summed E-state index contributed by atoms with van der Waals surface area (Å²) in [6.07, 6.45) is 3.47. The third kappa shape index (κ3) is 4.78. The first kappa shape index (κ1) is 28.0. The van der Waals surface area contributed by atoms with Gasteiger partial charge in [-0.25, -0.2) is 15.0 Å². The Bertz CT molecular complexity index is 2760. The molecule has 1 N–H and O–H groups in total. The smallest absolute Gasteiger partial charge is 0.228 e. The lowest BCUT2D eigenvalue weighted by molar-refractivity contribution is 0.655. The Morgan fingerprint density at radius 1 is 0.688 bits per heavy atom. The molecule has 0 bridgehead atoms. The zero-order chi connectivity index (χ0) is 32.0. The molecule has 0 fully saturated rings. The van der Waals surface area contributed by atoms with Gasteiger partial charge in [0.1, 0.15) is 5.58 Å². The zero-order valence-corrected chi connectivity index (χ0v) is 26.4. The molecule has 5 nitrogen and oxygen atoms in total. The van der Waals surface area contributed by atoms with Crippen LogP contribution in [0.2, 0.25) is 0 Å². The molecule has 9 aromatic rings. The summed E-state index contributed by atoms with van der Waals surface area (Å²) in [7, 11) is 0. The highest BCUT2D eigenvalue weighted by Crippen LogP contribution is 2.43. The molecular formula is C42H26N4OS. The van der Waals surface area contributed by atoms with Crippen molar-refractivity contribution in [2.24, 2.45) is 9.98 Å². The van der Waals surface area contributed by atoms with Crippen molar-refractivity contribution in [3.8, 4) is 11.1 Å². The molecule has 0 saturated heterocycles. The predicted molar refractivity (Wildman–Crippen MR) is 201 cm³/mol. The molecule has 0 radical (unpaired) electrons. The average Bonchev–Trinajstić information content (AvgIpc) is 3.72. The van der Waals surface area contributed by atoms with Crippen LogP contribution in [0.1, 0.15) is 16.7 Å². The number of benzene rings is 6. The van der Waals surface area contributed by atoms with Gasteiger partial charge in [0.2, 0.25) is 5.71 Å². The molecule has 226 valence electrons. The Morgan fingerprint density at radius 2 is 1.44 bits per heavy atom. The monoisotopic (exact) mass is 634 g/mol. The normalized spacial score (nSPS) is 12.3. The summed E-state index contributed by atoms with van der Waals surface area (Å²) in [5, 5.41) is 15.7. The predicted octanol–water partition coefficient (Wildman–Crippen LogP) is 11.1. The number of rotatable bonds is 4. The molecule has 6 aromatic carbocycles. The molecule has 0 spiro atoms. The third-order valence-corrected chi connectivity index (χ3v) is 9.93. The quantitative estimate of drug-likeness (QED) is 0.154. The SMILES string of the molecule is N=C(N=C(N=Cc1ccccc1)c1ccc2ccccc2c1)c1ccnc2oc3c(-c4cccc5c4sc4ccccc45)cccc3c12. The van der Waals surface area contributed by atoms with Gasteiger partial charge in [-0.15, -0.1) is 11.3 Å². The molecule has 0 amide bonds. The first-order valence-corrected chi connectivity index (χ1v) is 16.5. The maximum Gasteiger partial charge on any atom is 0.228 e. The number of pyridine rings is 1. The maximum absolute atomic E-state index is 9.31. The van der Waals surface area contributed by atoms with Crippen LogP contribution in [0.4, 0.5) is 0 Å². The fourth-order valence-electron chi connectivity index (χ4n) is 6.43. The minimum Gasteiger partial charge on any atom is -0.437 e. The molecule has 0 aliphatic rings. The Hall–Kier alpha value is -6.24. The van der Waals surface area contributed by atoms with Gasteiger partial charge in [0.25, 0.3) is 0 Å². The van der Waals surface area contributed by atoms with Crippen molar-refractivity contribution in [1.29, 1.82) is 5.41 Å². The van der Waals surface area contributed by atoms with E-state index in [0.29, 0.717) is 17.1 Å². The van der Waals surface area contributed by atoms with Gasteiger partial charge in [-0.3, -0.25) is 5.41 Å². The van der Waals surface area contributed by atoms with Crippen LogP contribution >= 0.6 is 11.3 Å². The van der Waals surface area contributed by atoms with Crippen LogP contribution in [-0.2, 0) is 0 Å². The maximum atomic E-state index is 9.31. The molecule has 0 aliphatic carbocycles. The number of para-hydroxylation sites is 1. The van der Waals surface area contributed by atoms with E-state index in [1.165, 1.54) is 20.2 Å². The van der Waals surface area contributed by atoms with Crippen molar-refractivity contribution >= 4 is 82.2 Å². The molecule has 0 saturated carbocycles. The molecule has 0 aliphatic heterocycles. The number of thiophene rings is 1. The summed E-state index contributed by atoms with van der Waals surface area (Å²) in [5.41, 5.74) is 5.72. The van der Waals surface area contributed by atoms with E-state index in [9.17, 15) is 5.41 Å². The number of nitrogens with zero attached hydrogens (tertiary/aromatic N) is 3. The lowest BCUT2D eigenvalue weighted by Gasteiger charge is -2.07. The summed E-state index contributed by atoms with van der Waals surface area (Å²) < 4.78 is 8.98. The second-order valence-corrected chi connectivity index (χ2v) is 12.7. The average molecular weight is 635 g/mol. The molecule has 6 heteroatoms. The van der Waals surface area contributed by atoms with E-state index < -0.39 is 0 Å². The van der Waals surface area contributed by atoms with Crippen molar-refractivity contribution in [3.05, 3.63) is 162 Å². The lowest BCUT2D eigenvalue weighted by Crippen LogP contribution is -2.05. The summed E-state index contributed by atoms with van der Waals surface area (Å²) >= 11 is 1.79. The highest BCUT2D eigenvalue weighted by Gasteiger charge is 2.20. The number of furan rings is 1. The van der Waals surface area contributed by atoms with Gasteiger partial charge in [-0.1, -0.05) is 121 Å². The largest absolute Gasteiger partial charge is 0.437 e. The van der Waals surface area contributed by atoms with Gasteiger partial charge in [0, 0.05) is 60.2 Å². The summed E-state index contributed by atoms with van der Waals surface area (Å²) in [5.74, 6) is 0.528. The summed E-state index contributed by atoms with van der Waals surface area (Å²) in [6, 6.07) is 47.2. The molecular weight excluding hydrogens is 609 g/mol. The fraction of sp³-hybridized carbons (Fsp3) is 0. The first-order valence-electron chi connectivity index (χ1n) is 15.7. The van der Waals surface area contributed by atoms with Crippen LogP contribution < -0.4 is 0 Å². The van der Waals surface area contributed by atoms with Crippen LogP contribution in [0.5, 0.6) is 0 Å². The van der Waals surface area contributed by atoms with Gasteiger partial charge in [0.15, 0.2) is 11.7 Å². The minimum atomic E-state index is 0.0791. The van der Waals surface area contributed by atoms with Gasteiger partial charge in [-0.2, -0.15) is 0 Å². The van der Waals surface area contributed by atoms with Crippen molar-refractivity contribution in [1.82, 2.24) is 4.98 Å². The Balaban J connectivity index is 1.20. The number of fused-ring (bicyclic) bond motifs is 7. The van der Waals surface area contributed by atoms with E-state index in [2.05, 4.69) is 77.8 Å². The van der Waals surface area contributed by atoms with Crippen LogP contribution in [0.3, 0.4) is 0 Å². The van der Waals surface area contributed by atoms with E-state index in [0.717, 1.165) is 49.4 Å². The van der Waals surface area contributed by atoms with Crippen LogP contribution in [-0.4, -0.2) is 22.9 Å². The Kier molecular flexibility index (Phi) is 6.73. The highest BCUT2D eigenvalue weighted by atomic mass is 32.1. The topological polar surface area (TPSA) is 74.6 Å². The Labute approximate surface area is 279 Å². The van der Waals surface area contributed by atoms with Crippen molar-refractivity contribution in [3.63, 3.8) is 0 Å². The number of aliphatic imine (C=N–C) groups is 2. The third-order valence-electron chi connectivity index (χ3n) is 8.71. The molecule has 3 aromatic heterocycles. The zero-order valence-electron chi connectivity index (χ0n) is 25.6. The molecule has 9 rings (SSSR count). The second-order valence-electron chi connectivity index (χ2n) is 11.6. The lowest BCUT2D eigenvalue weighted by atomic mass is 9.99. The summed E-state index contributed by atoms with van der Waals surface area (Å²) in [4.78, 5) is 14.3. The number of hydrogen-bond donors (Lipinski definition) is 1. The van der Waals surface area contributed by atoms with E-state index >= 15 is 0 Å².